The molecule has 0 fully saturated rings. The largest absolute Gasteiger partial charge is 0.481 e. The number of nitrogens with zero attached hydrogens (tertiary/aromatic N) is 1. The van der Waals surface area contributed by atoms with Gasteiger partial charge >= 0.3 is 5.97 Å². The van der Waals surface area contributed by atoms with Crippen LogP contribution >= 0.6 is 11.6 Å². The minimum atomic E-state index is -0.994. The Balaban J connectivity index is 3.06. The first-order chi connectivity index (χ1) is 7.06. The van der Waals surface area contributed by atoms with E-state index < -0.39 is 17.8 Å². The summed E-state index contributed by atoms with van der Waals surface area (Å²) in [5, 5.41) is 18.3. The van der Waals surface area contributed by atoms with Crippen LogP contribution in [0.25, 0.3) is 0 Å². The normalized spacial score (nSPS) is 13.9. The van der Waals surface area contributed by atoms with Gasteiger partial charge in [-0.25, -0.2) is 0 Å². The number of hydrogen-bond donors (Lipinski definition) is 1. The van der Waals surface area contributed by atoms with Crippen LogP contribution in [0.1, 0.15) is 18.4 Å². The number of halogens is 1. The van der Waals surface area contributed by atoms with Crippen molar-refractivity contribution in [1.82, 2.24) is 0 Å². The summed E-state index contributed by atoms with van der Waals surface area (Å²) in [6, 6.07) is 8.46. The zero-order valence-electron chi connectivity index (χ0n) is 8.14. The highest BCUT2D eigenvalue weighted by molar-refractivity contribution is 6.30. The molecule has 0 amide bonds. The highest BCUT2D eigenvalue weighted by Crippen LogP contribution is 2.25. The quantitative estimate of drug-likeness (QED) is 0.857. The molecule has 2 atom stereocenters. The van der Waals surface area contributed by atoms with E-state index in [1.165, 1.54) is 0 Å². The van der Waals surface area contributed by atoms with Gasteiger partial charge in [0.25, 0.3) is 0 Å². The molecule has 0 saturated heterocycles. The number of nitriles is 1. The predicted octanol–water partition coefficient (Wildman–Crippen LogP) is 2.67. The van der Waals surface area contributed by atoms with Crippen LogP contribution in [-0.4, -0.2) is 11.1 Å². The van der Waals surface area contributed by atoms with Crippen LogP contribution in [0.15, 0.2) is 24.3 Å². The van der Waals surface area contributed by atoms with Gasteiger partial charge in [-0.3, -0.25) is 4.79 Å². The van der Waals surface area contributed by atoms with Crippen molar-refractivity contribution in [2.45, 2.75) is 12.8 Å². The molecule has 0 bridgehead atoms. The molecule has 2 unspecified atom stereocenters. The summed E-state index contributed by atoms with van der Waals surface area (Å²) in [4.78, 5) is 11.0. The summed E-state index contributed by atoms with van der Waals surface area (Å²) in [5.74, 6) is -2.36. The van der Waals surface area contributed by atoms with Gasteiger partial charge in [0.1, 0.15) is 0 Å². The summed E-state index contributed by atoms with van der Waals surface area (Å²) in [6.07, 6.45) is 0. The molecule has 0 spiro atoms. The average Bonchev–Trinajstić information content (AvgIpc) is 2.20. The summed E-state index contributed by atoms with van der Waals surface area (Å²) >= 11 is 5.70. The fourth-order valence-electron chi connectivity index (χ4n) is 1.39. The Kier molecular flexibility index (Phi) is 3.70. The molecule has 1 rings (SSSR count). The minimum Gasteiger partial charge on any atom is -0.481 e. The Hall–Kier alpha value is -1.53. The Morgan fingerprint density at radius 1 is 1.47 bits per heavy atom. The van der Waals surface area contributed by atoms with Gasteiger partial charge < -0.3 is 5.11 Å². The molecule has 0 aromatic heterocycles. The van der Waals surface area contributed by atoms with E-state index >= 15 is 0 Å². The van der Waals surface area contributed by atoms with Crippen LogP contribution < -0.4 is 0 Å². The molecule has 0 radical (unpaired) electrons. The maximum atomic E-state index is 11.0. The first kappa shape index (κ1) is 11.5. The molecule has 0 aliphatic rings. The molecule has 1 aromatic rings. The van der Waals surface area contributed by atoms with Crippen LogP contribution in [0.4, 0.5) is 0 Å². The lowest BCUT2D eigenvalue weighted by molar-refractivity contribution is -0.139. The second kappa shape index (κ2) is 4.81. The van der Waals surface area contributed by atoms with Gasteiger partial charge in [0.2, 0.25) is 0 Å². The van der Waals surface area contributed by atoms with E-state index in [2.05, 4.69) is 0 Å². The first-order valence-corrected chi connectivity index (χ1v) is 4.82. The van der Waals surface area contributed by atoms with Crippen molar-refractivity contribution < 1.29 is 9.90 Å². The van der Waals surface area contributed by atoms with E-state index in [4.69, 9.17) is 22.0 Å². The van der Waals surface area contributed by atoms with Crippen LogP contribution in [0.5, 0.6) is 0 Å². The SMILES string of the molecule is CC(C#N)C(C(=O)O)c1ccc(Cl)cc1. The Morgan fingerprint density at radius 3 is 2.40 bits per heavy atom. The molecular formula is C11H10ClNO2. The minimum absolute atomic E-state index is 0.549. The molecule has 4 heteroatoms. The van der Waals surface area contributed by atoms with Crippen molar-refractivity contribution >= 4 is 17.6 Å². The van der Waals surface area contributed by atoms with Crippen molar-refractivity contribution in [1.29, 1.82) is 5.26 Å². The number of rotatable bonds is 3. The highest BCUT2D eigenvalue weighted by atomic mass is 35.5. The molecule has 0 aliphatic heterocycles. The molecule has 0 aliphatic carbocycles. The van der Waals surface area contributed by atoms with Gasteiger partial charge in [-0.2, -0.15) is 5.26 Å². The predicted molar refractivity (Wildman–Crippen MR) is 56.6 cm³/mol. The Bertz CT molecular complexity index is 394. The number of carboxylic acid groups (broad SMARTS) is 1. The first-order valence-electron chi connectivity index (χ1n) is 4.44. The summed E-state index contributed by atoms with van der Waals surface area (Å²) in [6.45, 7) is 1.59. The third-order valence-corrected chi connectivity index (χ3v) is 2.45. The molecule has 3 nitrogen and oxygen atoms in total. The van der Waals surface area contributed by atoms with E-state index in [1.807, 2.05) is 6.07 Å². The number of benzene rings is 1. The van der Waals surface area contributed by atoms with E-state index in [9.17, 15) is 4.79 Å². The number of hydrogen-bond acceptors (Lipinski definition) is 2. The van der Waals surface area contributed by atoms with E-state index in [1.54, 1.807) is 31.2 Å². The van der Waals surface area contributed by atoms with Crippen molar-refractivity contribution in [3.05, 3.63) is 34.9 Å². The van der Waals surface area contributed by atoms with Crippen molar-refractivity contribution in [2.24, 2.45) is 5.92 Å². The molecule has 78 valence electrons. The average molecular weight is 224 g/mol. The second-order valence-electron chi connectivity index (χ2n) is 3.29. The molecular weight excluding hydrogens is 214 g/mol. The lowest BCUT2D eigenvalue weighted by atomic mass is 9.88. The summed E-state index contributed by atoms with van der Waals surface area (Å²) < 4.78 is 0. The smallest absolute Gasteiger partial charge is 0.312 e. The van der Waals surface area contributed by atoms with E-state index in [0.29, 0.717) is 10.6 Å². The summed E-state index contributed by atoms with van der Waals surface area (Å²) in [5.41, 5.74) is 0.598. The monoisotopic (exact) mass is 223 g/mol. The molecule has 1 aromatic carbocycles. The topological polar surface area (TPSA) is 61.1 Å². The van der Waals surface area contributed by atoms with Gasteiger partial charge in [-0.1, -0.05) is 23.7 Å². The highest BCUT2D eigenvalue weighted by Gasteiger charge is 2.26. The molecule has 0 heterocycles. The fraction of sp³-hybridized carbons (Fsp3) is 0.273. The maximum absolute atomic E-state index is 11.0. The van der Waals surface area contributed by atoms with E-state index in [0.717, 1.165) is 0 Å². The molecule has 0 saturated carbocycles. The number of carbonyl (C=O) groups is 1. The summed E-state index contributed by atoms with van der Waals surface area (Å²) in [7, 11) is 0. The number of carboxylic acids is 1. The zero-order valence-corrected chi connectivity index (χ0v) is 8.90. The van der Waals surface area contributed by atoms with Crippen molar-refractivity contribution in [3.8, 4) is 6.07 Å². The van der Waals surface area contributed by atoms with E-state index in [-0.39, 0.29) is 0 Å². The Labute approximate surface area is 92.9 Å². The van der Waals surface area contributed by atoms with Gasteiger partial charge in [0.15, 0.2) is 0 Å². The second-order valence-corrected chi connectivity index (χ2v) is 3.72. The van der Waals surface area contributed by atoms with Crippen LogP contribution in [0.3, 0.4) is 0 Å². The van der Waals surface area contributed by atoms with Crippen molar-refractivity contribution in [2.75, 3.05) is 0 Å². The zero-order chi connectivity index (χ0) is 11.4. The van der Waals surface area contributed by atoms with Gasteiger partial charge in [-0.15, -0.1) is 0 Å². The lowest BCUT2D eigenvalue weighted by Gasteiger charge is -2.14. The molecule has 15 heavy (non-hydrogen) atoms. The third-order valence-electron chi connectivity index (χ3n) is 2.20. The maximum Gasteiger partial charge on any atom is 0.312 e. The van der Waals surface area contributed by atoms with Crippen LogP contribution in [0.2, 0.25) is 5.02 Å². The number of aliphatic carboxylic acids is 1. The standard InChI is InChI=1S/C11H10ClNO2/c1-7(6-13)10(11(14)15)8-2-4-9(12)5-3-8/h2-5,7,10H,1H3,(H,14,15). The van der Waals surface area contributed by atoms with Gasteiger partial charge in [0.05, 0.1) is 17.9 Å². The third kappa shape index (κ3) is 2.71. The van der Waals surface area contributed by atoms with Gasteiger partial charge in [-0.05, 0) is 24.6 Å². The Morgan fingerprint density at radius 2 is 2.00 bits per heavy atom. The molecule has 1 N–H and O–H groups in total. The fourth-order valence-corrected chi connectivity index (χ4v) is 1.52. The van der Waals surface area contributed by atoms with Crippen LogP contribution in [0, 0.1) is 17.2 Å². The van der Waals surface area contributed by atoms with Gasteiger partial charge in [0, 0.05) is 5.02 Å². The van der Waals surface area contributed by atoms with Crippen molar-refractivity contribution in [3.63, 3.8) is 0 Å². The van der Waals surface area contributed by atoms with Crippen LogP contribution in [-0.2, 0) is 4.79 Å². The lowest BCUT2D eigenvalue weighted by Crippen LogP contribution is -2.18.